The summed E-state index contributed by atoms with van der Waals surface area (Å²) in [6.45, 7) is 8.44. The summed E-state index contributed by atoms with van der Waals surface area (Å²) >= 11 is 1.89. The Labute approximate surface area is 80.6 Å². The second-order valence-corrected chi connectivity index (χ2v) is 3.52. The number of aryl methyl sites for hydroxylation is 2. The molecule has 0 N–H and O–H groups in total. The SMILES string of the molecule is CC.CCCc1csc(CC)c1. The van der Waals surface area contributed by atoms with Crippen molar-refractivity contribution >= 4 is 11.3 Å². The topological polar surface area (TPSA) is 0 Å². The lowest BCUT2D eigenvalue weighted by Gasteiger charge is -1.88. The highest BCUT2D eigenvalue weighted by atomic mass is 32.1. The molecule has 0 spiro atoms. The van der Waals surface area contributed by atoms with Crippen LogP contribution < -0.4 is 0 Å². The molecule has 0 bridgehead atoms. The van der Waals surface area contributed by atoms with Crippen molar-refractivity contribution in [1.82, 2.24) is 0 Å². The minimum Gasteiger partial charge on any atom is -0.149 e. The van der Waals surface area contributed by atoms with Gasteiger partial charge in [-0.25, -0.2) is 0 Å². The van der Waals surface area contributed by atoms with Crippen molar-refractivity contribution in [3.05, 3.63) is 21.9 Å². The van der Waals surface area contributed by atoms with Crippen molar-refractivity contribution < 1.29 is 0 Å². The molecule has 1 aromatic heterocycles. The van der Waals surface area contributed by atoms with Gasteiger partial charge in [0.15, 0.2) is 0 Å². The van der Waals surface area contributed by atoms with Crippen LogP contribution in [0, 0.1) is 0 Å². The maximum Gasteiger partial charge on any atom is 0.00453 e. The van der Waals surface area contributed by atoms with Gasteiger partial charge in [-0.2, -0.15) is 0 Å². The van der Waals surface area contributed by atoms with E-state index in [9.17, 15) is 0 Å². The standard InChI is InChI=1S/C9H14S.C2H6/c1-3-5-8-6-9(4-2)10-7-8;1-2/h6-7H,3-5H2,1-2H3;1-2H3. The highest BCUT2D eigenvalue weighted by Crippen LogP contribution is 2.15. The molecule has 0 saturated carbocycles. The molecule has 0 aliphatic rings. The summed E-state index contributed by atoms with van der Waals surface area (Å²) in [5.41, 5.74) is 1.52. The Morgan fingerprint density at radius 2 is 1.92 bits per heavy atom. The molecule has 0 amide bonds. The largest absolute Gasteiger partial charge is 0.149 e. The molecule has 0 atom stereocenters. The summed E-state index contributed by atoms with van der Waals surface area (Å²) in [7, 11) is 0. The second-order valence-electron chi connectivity index (χ2n) is 2.52. The molecule has 0 nitrogen and oxygen atoms in total. The smallest absolute Gasteiger partial charge is 0.00453 e. The van der Waals surface area contributed by atoms with Crippen molar-refractivity contribution in [2.24, 2.45) is 0 Å². The van der Waals surface area contributed by atoms with Crippen molar-refractivity contribution in [3.63, 3.8) is 0 Å². The van der Waals surface area contributed by atoms with E-state index in [1.54, 1.807) is 0 Å². The van der Waals surface area contributed by atoms with Crippen LogP contribution in [0.15, 0.2) is 11.4 Å². The fraction of sp³-hybridized carbons (Fsp3) is 0.636. The van der Waals surface area contributed by atoms with Crippen LogP contribution >= 0.6 is 11.3 Å². The molecule has 1 rings (SSSR count). The van der Waals surface area contributed by atoms with Gasteiger partial charge >= 0.3 is 0 Å². The van der Waals surface area contributed by atoms with Crippen molar-refractivity contribution in [2.45, 2.75) is 47.0 Å². The molecule has 70 valence electrons. The van der Waals surface area contributed by atoms with Gasteiger partial charge in [0.2, 0.25) is 0 Å². The minimum absolute atomic E-state index is 1.19. The molecular formula is C11H20S. The third-order valence-corrected chi connectivity index (χ3v) is 2.73. The van der Waals surface area contributed by atoms with Crippen LogP contribution in [-0.4, -0.2) is 0 Å². The molecule has 0 saturated heterocycles. The van der Waals surface area contributed by atoms with Gasteiger partial charge in [0.05, 0.1) is 0 Å². The summed E-state index contributed by atoms with van der Waals surface area (Å²) in [5.74, 6) is 0. The van der Waals surface area contributed by atoms with Crippen LogP contribution in [0.1, 0.15) is 44.6 Å². The van der Waals surface area contributed by atoms with E-state index < -0.39 is 0 Å². The monoisotopic (exact) mass is 184 g/mol. The Morgan fingerprint density at radius 3 is 2.33 bits per heavy atom. The number of hydrogen-bond donors (Lipinski definition) is 0. The van der Waals surface area contributed by atoms with E-state index in [-0.39, 0.29) is 0 Å². The fourth-order valence-corrected chi connectivity index (χ4v) is 1.91. The lowest BCUT2D eigenvalue weighted by atomic mass is 10.2. The van der Waals surface area contributed by atoms with Gasteiger partial charge in [0, 0.05) is 4.88 Å². The normalized spacial score (nSPS) is 9.00. The molecule has 0 aromatic carbocycles. The highest BCUT2D eigenvalue weighted by molar-refractivity contribution is 7.10. The predicted molar refractivity (Wildman–Crippen MR) is 59.0 cm³/mol. The summed E-state index contributed by atoms with van der Waals surface area (Å²) in [4.78, 5) is 1.52. The van der Waals surface area contributed by atoms with Gasteiger partial charge in [-0.15, -0.1) is 11.3 Å². The molecule has 1 aromatic rings. The van der Waals surface area contributed by atoms with Crippen LogP contribution in [0.4, 0.5) is 0 Å². The van der Waals surface area contributed by atoms with Crippen LogP contribution in [0.5, 0.6) is 0 Å². The third-order valence-electron chi connectivity index (χ3n) is 1.60. The predicted octanol–water partition coefficient (Wildman–Crippen LogP) is 4.29. The van der Waals surface area contributed by atoms with E-state index in [1.165, 1.54) is 29.7 Å². The van der Waals surface area contributed by atoms with Gasteiger partial charge in [-0.1, -0.05) is 34.1 Å². The fourth-order valence-electron chi connectivity index (χ4n) is 1.03. The first kappa shape index (κ1) is 11.7. The summed E-state index contributed by atoms with van der Waals surface area (Å²) in [5, 5.41) is 2.28. The maximum absolute atomic E-state index is 2.33. The first-order valence-corrected chi connectivity index (χ1v) is 5.81. The molecule has 0 radical (unpaired) electrons. The first-order valence-electron chi connectivity index (χ1n) is 4.93. The van der Waals surface area contributed by atoms with E-state index in [1.807, 2.05) is 25.2 Å². The average Bonchev–Trinajstić information content (AvgIpc) is 2.57. The van der Waals surface area contributed by atoms with Gasteiger partial charge in [-0.3, -0.25) is 0 Å². The number of hydrogen-bond acceptors (Lipinski definition) is 1. The van der Waals surface area contributed by atoms with Crippen molar-refractivity contribution in [1.29, 1.82) is 0 Å². The first-order chi connectivity index (χ1) is 5.86. The molecule has 0 aliphatic carbocycles. The van der Waals surface area contributed by atoms with Gasteiger partial charge < -0.3 is 0 Å². The van der Waals surface area contributed by atoms with Crippen LogP contribution in [0.3, 0.4) is 0 Å². The molecule has 0 unspecified atom stereocenters. The third kappa shape index (κ3) is 3.91. The second kappa shape index (κ2) is 7.35. The van der Waals surface area contributed by atoms with E-state index in [0.29, 0.717) is 0 Å². The number of thiophene rings is 1. The van der Waals surface area contributed by atoms with E-state index in [4.69, 9.17) is 0 Å². The van der Waals surface area contributed by atoms with Gasteiger partial charge in [0.1, 0.15) is 0 Å². The summed E-state index contributed by atoms with van der Waals surface area (Å²) in [6, 6.07) is 2.33. The van der Waals surface area contributed by atoms with Crippen molar-refractivity contribution in [2.75, 3.05) is 0 Å². The molecular weight excluding hydrogens is 164 g/mol. The summed E-state index contributed by atoms with van der Waals surface area (Å²) < 4.78 is 0. The van der Waals surface area contributed by atoms with E-state index in [2.05, 4.69) is 25.3 Å². The van der Waals surface area contributed by atoms with Crippen LogP contribution in [0.2, 0.25) is 0 Å². The zero-order valence-electron chi connectivity index (χ0n) is 8.68. The lowest BCUT2D eigenvalue weighted by Crippen LogP contribution is -1.76. The van der Waals surface area contributed by atoms with E-state index in [0.717, 1.165) is 0 Å². The average molecular weight is 184 g/mol. The van der Waals surface area contributed by atoms with E-state index >= 15 is 0 Å². The number of rotatable bonds is 3. The highest BCUT2D eigenvalue weighted by Gasteiger charge is 1.95. The Bertz CT molecular complexity index is 189. The Hall–Kier alpha value is -0.300. The summed E-state index contributed by atoms with van der Waals surface area (Å²) in [6.07, 6.45) is 3.70. The molecule has 12 heavy (non-hydrogen) atoms. The molecule has 0 fully saturated rings. The van der Waals surface area contributed by atoms with Crippen LogP contribution in [0.25, 0.3) is 0 Å². The Morgan fingerprint density at radius 1 is 1.25 bits per heavy atom. The molecule has 1 heterocycles. The maximum atomic E-state index is 2.33. The van der Waals surface area contributed by atoms with Gasteiger partial charge in [0.25, 0.3) is 0 Å². The molecule has 1 heteroatoms. The van der Waals surface area contributed by atoms with Gasteiger partial charge in [-0.05, 0) is 29.9 Å². The molecule has 0 aliphatic heterocycles. The Kier molecular flexibility index (Phi) is 7.17. The zero-order chi connectivity index (χ0) is 9.40. The quantitative estimate of drug-likeness (QED) is 0.657. The Balaban J connectivity index is 0.000000561. The van der Waals surface area contributed by atoms with Crippen LogP contribution in [-0.2, 0) is 12.8 Å². The zero-order valence-corrected chi connectivity index (χ0v) is 9.50. The van der Waals surface area contributed by atoms with Crippen molar-refractivity contribution in [3.8, 4) is 0 Å². The minimum atomic E-state index is 1.19. The lowest BCUT2D eigenvalue weighted by molar-refractivity contribution is 0.925.